The summed E-state index contributed by atoms with van der Waals surface area (Å²) in [6, 6.07) is 0. The van der Waals surface area contributed by atoms with Crippen LogP contribution in [0.25, 0.3) is 0 Å². The highest BCUT2D eigenvalue weighted by Crippen LogP contribution is 2.16. The van der Waals surface area contributed by atoms with E-state index in [1.54, 1.807) is 0 Å². The second-order valence-electron chi connectivity index (χ2n) is 2.83. The quantitative estimate of drug-likeness (QED) is 0.649. The van der Waals surface area contributed by atoms with Crippen molar-refractivity contribution in [1.29, 1.82) is 0 Å². The summed E-state index contributed by atoms with van der Waals surface area (Å²) >= 11 is 0. The molecular formula is C8H14NO2. The molecule has 1 heterocycles. The summed E-state index contributed by atoms with van der Waals surface area (Å²) < 4.78 is 5.35. The molecule has 2 N–H and O–H groups in total. The fraction of sp³-hybridized carbons (Fsp3) is 0.750. The van der Waals surface area contributed by atoms with E-state index < -0.39 is 0 Å². The lowest BCUT2D eigenvalue weighted by molar-refractivity contribution is -0.117. The van der Waals surface area contributed by atoms with Crippen molar-refractivity contribution in [2.45, 2.75) is 31.8 Å². The summed E-state index contributed by atoms with van der Waals surface area (Å²) in [7, 11) is 0. The number of carbonyl (C=O) groups excluding carboxylic acids is 1. The number of amides is 1. The van der Waals surface area contributed by atoms with E-state index in [2.05, 4.69) is 0 Å². The van der Waals surface area contributed by atoms with Crippen molar-refractivity contribution >= 4 is 5.91 Å². The van der Waals surface area contributed by atoms with Gasteiger partial charge in [-0.05, 0) is 25.7 Å². The van der Waals surface area contributed by atoms with Crippen molar-refractivity contribution < 1.29 is 9.53 Å². The number of primary amides is 1. The molecule has 0 spiro atoms. The van der Waals surface area contributed by atoms with Gasteiger partial charge in [0.1, 0.15) is 0 Å². The van der Waals surface area contributed by atoms with Gasteiger partial charge in [-0.3, -0.25) is 4.79 Å². The molecule has 0 aromatic rings. The minimum atomic E-state index is -0.261. The lowest BCUT2D eigenvalue weighted by Crippen LogP contribution is -2.12. The average molecular weight is 156 g/mol. The molecular weight excluding hydrogens is 142 g/mol. The largest absolute Gasteiger partial charge is 0.378 e. The standard InChI is InChI=1S/C8H14NO2/c9-8(10)5-1-3-7-4-2-6-11-7/h1,7H,2-6H2,(H2,9,10). The zero-order valence-corrected chi connectivity index (χ0v) is 6.58. The number of ether oxygens (including phenoxy) is 1. The van der Waals surface area contributed by atoms with Gasteiger partial charge in [-0.1, -0.05) is 0 Å². The Bertz CT molecular complexity index is 130. The molecule has 0 saturated carbocycles. The highest BCUT2D eigenvalue weighted by atomic mass is 16.5. The van der Waals surface area contributed by atoms with Gasteiger partial charge in [0.05, 0.1) is 6.10 Å². The molecule has 0 aromatic heterocycles. The predicted molar refractivity (Wildman–Crippen MR) is 41.7 cm³/mol. The van der Waals surface area contributed by atoms with Crippen molar-refractivity contribution in [2.24, 2.45) is 5.73 Å². The normalized spacial score (nSPS) is 23.8. The molecule has 1 aliphatic rings. The highest BCUT2D eigenvalue weighted by molar-refractivity contribution is 5.74. The molecule has 63 valence electrons. The summed E-state index contributed by atoms with van der Waals surface area (Å²) in [6.45, 7) is 0.870. The Kier molecular flexibility index (Phi) is 3.36. The van der Waals surface area contributed by atoms with E-state index >= 15 is 0 Å². The van der Waals surface area contributed by atoms with Crippen molar-refractivity contribution in [3.05, 3.63) is 6.42 Å². The first-order chi connectivity index (χ1) is 5.29. The fourth-order valence-electron chi connectivity index (χ4n) is 1.24. The van der Waals surface area contributed by atoms with Crippen LogP contribution in [-0.2, 0) is 9.53 Å². The number of carbonyl (C=O) groups is 1. The third-order valence-electron chi connectivity index (χ3n) is 1.80. The molecule has 1 rings (SSSR count). The van der Waals surface area contributed by atoms with Gasteiger partial charge in [0.2, 0.25) is 5.91 Å². The van der Waals surface area contributed by atoms with Crippen LogP contribution in [0, 0.1) is 6.42 Å². The van der Waals surface area contributed by atoms with Gasteiger partial charge < -0.3 is 10.5 Å². The highest BCUT2D eigenvalue weighted by Gasteiger charge is 2.14. The van der Waals surface area contributed by atoms with E-state index in [1.807, 2.05) is 6.42 Å². The first kappa shape index (κ1) is 8.53. The molecule has 1 saturated heterocycles. The predicted octanol–water partition coefficient (Wildman–Crippen LogP) is 0.635. The zero-order valence-electron chi connectivity index (χ0n) is 6.58. The molecule has 1 fully saturated rings. The molecule has 0 aromatic carbocycles. The molecule has 1 radical (unpaired) electrons. The minimum Gasteiger partial charge on any atom is -0.378 e. The van der Waals surface area contributed by atoms with Crippen LogP contribution in [0.4, 0.5) is 0 Å². The second kappa shape index (κ2) is 4.34. The van der Waals surface area contributed by atoms with E-state index in [-0.39, 0.29) is 5.91 Å². The van der Waals surface area contributed by atoms with Crippen LogP contribution < -0.4 is 5.73 Å². The fourth-order valence-corrected chi connectivity index (χ4v) is 1.24. The maximum absolute atomic E-state index is 10.3. The van der Waals surface area contributed by atoms with Gasteiger partial charge in [0, 0.05) is 13.0 Å². The maximum Gasteiger partial charge on any atom is 0.217 e. The van der Waals surface area contributed by atoms with Crippen LogP contribution >= 0.6 is 0 Å². The van der Waals surface area contributed by atoms with Crippen LogP contribution in [0.3, 0.4) is 0 Å². The first-order valence-corrected chi connectivity index (χ1v) is 4.00. The van der Waals surface area contributed by atoms with Crippen LogP contribution in [-0.4, -0.2) is 18.6 Å². The Morgan fingerprint density at radius 2 is 2.55 bits per heavy atom. The molecule has 1 atom stereocenters. The van der Waals surface area contributed by atoms with E-state index in [0.717, 1.165) is 25.9 Å². The van der Waals surface area contributed by atoms with E-state index in [1.165, 1.54) is 0 Å². The van der Waals surface area contributed by atoms with Gasteiger partial charge in [-0.15, -0.1) is 0 Å². The van der Waals surface area contributed by atoms with Crippen LogP contribution in [0.5, 0.6) is 0 Å². The third-order valence-corrected chi connectivity index (χ3v) is 1.80. The van der Waals surface area contributed by atoms with Gasteiger partial charge in [-0.25, -0.2) is 0 Å². The summed E-state index contributed by atoms with van der Waals surface area (Å²) in [6.07, 6.45) is 5.75. The van der Waals surface area contributed by atoms with E-state index in [9.17, 15) is 4.79 Å². The van der Waals surface area contributed by atoms with Crippen molar-refractivity contribution in [3.63, 3.8) is 0 Å². The summed E-state index contributed by atoms with van der Waals surface area (Å²) in [4.78, 5) is 10.3. The summed E-state index contributed by atoms with van der Waals surface area (Å²) in [5, 5.41) is 0. The molecule has 1 unspecified atom stereocenters. The first-order valence-electron chi connectivity index (χ1n) is 4.00. The molecule has 1 amide bonds. The van der Waals surface area contributed by atoms with Gasteiger partial charge in [0.15, 0.2) is 0 Å². The lowest BCUT2D eigenvalue weighted by Gasteiger charge is -2.06. The van der Waals surface area contributed by atoms with E-state index in [4.69, 9.17) is 10.5 Å². The second-order valence-corrected chi connectivity index (χ2v) is 2.83. The zero-order chi connectivity index (χ0) is 8.10. The van der Waals surface area contributed by atoms with Crippen molar-refractivity contribution in [3.8, 4) is 0 Å². The van der Waals surface area contributed by atoms with Gasteiger partial charge in [-0.2, -0.15) is 0 Å². The monoisotopic (exact) mass is 156 g/mol. The molecule has 0 bridgehead atoms. The maximum atomic E-state index is 10.3. The third kappa shape index (κ3) is 3.37. The number of hydrogen-bond acceptors (Lipinski definition) is 2. The molecule has 3 nitrogen and oxygen atoms in total. The number of nitrogens with two attached hydrogens (primary N) is 1. The average Bonchev–Trinajstić information content (AvgIpc) is 2.39. The molecule has 3 heteroatoms. The smallest absolute Gasteiger partial charge is 0.217 e. The Morgan fingerprint density at radius 3 is 3.09 bits per heavy atom. The minimum absolute atomic E-state index is 0.261. The van der Waals surface area contributed by atoms with Crippen LogP contribution in [0.2, 0.25) is 0 Å². The molecule has 1 aliphatic heterocycles. The van der Waals surface area contributed by atoms with Gasteiger partial charge in [0.25, 0.3) is 0 Å². The Hall–Kier alpha value is -0.570. The van der Waals surface area contributed by atoms with Gasteiger partial charge >= 0.3 is 0 Å². The lowest BCUT2D eigenvalue weighted by atomic mass is 10.1. The van der Waals surface area contributed by atoms with Crippen molar-refractivity contribution in [1.82, 2.24) is 0 Å². The number of rotatable bonds is 4. The Labute approximate surface area is 66.9 Å². The topological polar surface area (TPSA) is 52.3 Å². The van der Waals surface area contributed by atoms with E-state index in [0.29, 0.717) is 12.5 Å². The Morgan fingerprint density at radius 1 is 1.73 bits per heavy atom. The SMILES string of the molecule is NC(=O)C[CH]CC1CCCO1. The summed E-state index contributed by atoms with van der Waals surface area (Å²) in [5.41, 5.74) is 4.97. The van der Waals surface area contributed by atoms with Crippen LogP contribution in [0.1, 0.15) is 25.7 Å². The summed E-state index contributed by atoms with van der Waals surface area (Å²) in [5.74, 6) is -0.261. The molecule has 0 aliphatic carbocycles. The molecule has 11 heavy (non-hydrogen) atoms. The number of hydrogen-bond donors (Lipinski definition) is 1. The van der Waals surface area contributed by atoms with Crippen molar-refractivity contribution in [2.75, 3.05) is 6.61 Å². The van der Waals surface area contributed by atoms with Crippen LogP contribution in [0.15, 0.2) is 0 Å². The Balaban J connectivity index is 1.98.